The highest BCUT2D eigenvalue weighted by molar-refractivity contribution is 5.81. The molecular formula is C15H22N2O2. The van der Waals surface area contributed by atoms with Gasteiger partial charge < -0.3 is 15.0 Å². The minimum Gasteiger partial charge on any atom is -0.488 e. The third-order valence-electron chi connectivity index (χ3n) is 3.59. The highest BCUT2D eigenvalue weighted by Gasteiger charge is 2.24. The molecule has 2 rings (SSSR count). The molecule has 1 N–H and O–H groups in total. The molecule has 0 radical (unpaired) electrons. The van der Waals surface area contributed by atoms with Crippen molar-refractivity contribution in [3.8, 4) is 5.75 Å². The maximum atomic E-state index is 11.9. The number of rotatable bonds is 5. The van der Waals surface area contributed by atoms with Crippen molar-refractivity contribution in [2.45, 2.75) is 32.4 Å². The maximum Gasteiger partial charge on any atom is 0.239 e. The number of carbonyl (C=O) groups is 1. The van der Waals surface area contributed by atoms with Gasteiger partial charge in [0.25, 0.3) is 0 Å². The van der Waals surface area contributed by atoms with Crippen molar-refractivity contribution >= 4 is 5.91 Å². The van der Waals surface area contributed by atoms with E-state index in [1.165, 1.54) is 5.56 Å². The molecule has 0 aliphatic carbocycles. The molecule has 0 spiro atoms. The van der Waals surface area contributed by atoms with Crippen molar-refractivity contribution in [2.24, 2.45) is 0 Å². The van der Waals surface area contributed by atoms with Crippen molar-refractivity contribution in [3.63, 3.8) is 0 Å². The number of likely N-dealkylation sites (N-methyl/N-ethyl adjacent to an activating group) is 1. The molecule has 0 saturated carbocycles. The number of hydrogen-bond acceptors (Lipinski definition) is 3. The Morgan fingerprint density at radius 1 is 1.53 bits per heavy atom. The van der Waals surface area contributed by atoms with E-state index >= 15 is 0 Å². The van der Waals surface area contributed by atoms with Crippen molar-refractivity contribution in [3.05, 3.63) is 29.8 Å². The molecule has 104 valence electrons. The lowest BCUT2D eigenvalue weighted by Gasteiger charge is -2.22. The second kappa shape index (κ2) is 6.06. The minimum absolute atomic E-state index is 0.123. The van der Waals surface area contributed by atoms with Gasteiger partial charge in [-0.05, 0) is 25.5 Å². The molecule has 1 amide bonds. The van der Waals surface area contributed by atoms with Gasteiger partial charge in [0.1, 0.15) is 11.9 Å². The molecule has 0 fully saturated rings. The Hall–Kier alpha value is -1.55. The Morgan fingerprint density at radius 2 is 2.26 bits per heavy atom. The highest BCUT2D eigenvalue weighted by Crippen LogP contribution is 2.27. The molecule has 0 aromatic heterocycles. The lowest BCUT2D eigenvalue weighted by atomic mass is 10.1. The van der Waals surface area contributed by atoms with Gasteiger partial charge in [0.15, 0.2) is 0 Å². The van der Waals surface area contributed by atoms with Crippen LogP contribution in [0.3, 0.4) is 0 Å². The summed E-state index contributed by atoms with van der Waals surface area (Å²) in [4.78, 5) is 13.6. The fraction of sp³-hybridized carbons (Fsp3) is 0.533. The number of hydrogen-bond donors (Lipinski definition) is 1. The summed E-state index contributed by atoms with van der Waals surface area (Å²) in [6.45, 7) is 5.30. The van der Waals surface area contributed by atoms with Gasteiger partial charge >= 0.3 is 0 Å². The predicted octanol–water partition coefficient (Wildman–Crippen LogP) is 1.45. The molecular weight excluding hydrogens is 240 g/mol. The van der Waals surface area contributed by atoms with Crippen LogP contribution >= 0.6 is 0 Å². The molecule has 1 aliphatic rings. The fourth-order valence-corrected chi connectivity index (χ4v) is 2.25. The van der Waals surface area contributed by atoms with Gasteiger partial charge in [-0.15, -0.1) is 0 Å². The second-order valence-electron chi connectivity index (χ2n) is 5.03. The Labute approximate surface area is 114 Å². The minimum atomic E-state index is -0.169. The fourth-order valence-electron chi connectivity index (χ4n) is 2.25. The summed E-state index contributed by atoms with van der Waals surface area (Å²) >= 11 is 0. The van der Waals surface area contributed by atoms with Gasteiger partial charge in [-0.3, -0.25) is 4.79 Å². The monoisotopic (exact) mass is 262 g/mol. The molecule has 0 bridgehead atoms. The van der Waals surface area contributed by atoms with E-state index in [2.05, 4.69) is 11.4 Å². The van der Waals surface area contributed by atoms with Gasteiger partial charge in [-0.25, -0.2) is 0 Å². The van der Waals surface area contributed by atoms with Crippen LogP contribution in [0.15, 0.2) is 24.3 Å². The van der Waals surface area contributed by atoms with Crippen molar-refractivity contribution in [1.82, 2.24) is 10.2 Å². The van der Waals surface area contributed by atoms with Gasteiger partial charge in [-0.1, -0.05) is 18.2 Å². The van der Waals surface area contributed by atoms with Crippen LogP contribution in [0.2, 0.25) is 0 Å². The van der Waals surface area contributed by atoms with Crippen LogP contribution < -0.4 is 10.1 Å². The quantitative estimate of drug-likeness (QED) is 0.873. The molecule has 2 unspecified atom stereocenters. The molecule has 0 saturated heterocycles. The van der Waals surface area contributed by atoms with Gasteiger partial charge in [0.05, 0.1) is 6.04 Å². The topological polar surface area (TPSA) is 41.6 Å². The summed E-state index contributed by atoms with van der Waals surface area (Å²) in [6.07, 6.45) is 1.04. The number of fused-ring (bicyclic) bond motifs is 1. The summed E-state index contributed by atoms with van der Waals surface area (Å²) in [6, 6.07) is 7.93. The van der Waals surface area contributed by atoms with Crippen molar-refractivity contribution in [2.75, 3.05) is 20.1 Å². The number of carbonyl (C=O) groups excluding carboxylic acids is 1. The van der Waals surface area contributed by atoms with Gasteiger partial charge in [0.2, 0.25) is 5.91 Å². The predicted molar refractivity (Wildman–Crippen MR) is 75.3 cm³/mol. The second-order valence-corrected chi connectivity index (χ2v) is 5.03. The number of amides is 1. The van der Waals surface area contributed by atoms with E-state index in [1.54, 1.807) is 4.90 Å². The highest BCUT2D eigenvalue weighted by atomic mass is 16.5. The molecule has 4 nitrogen and oxygen atoms in total. The molecule has 1 aromatic rings. The van der Waals surface area contributed by atoms with E-state index in [0.29, 0.717) is 6.54 Å². The summed E-state index contributed by atoms with van der Waals surface area (Å²) < 4.78 is 5.84. The average molecular weight is 262 g/mol. The molecule has 2 atom stereocenters. The Morgan fingerprint density at radius 3 is 2.95 bits per heavy atom. The van der Waals surface area contributed by atoms with E-state index in [9.17, 15) is 4.79 Å². The van der Waals surface area contributed by atoms with Gasteiger partial charge in [0, 0.05) is 26.6 Å². The van der Waals surface area contributed by atoms with Crippen LogP contribution in [0, 0.1) is 0 Å². The van der Waals surface area contributed by atoms with Crippen molar-refractivity contribution < 1.29 is 9.53 Å². The standard InChI is InChI=1S/C15H22N2O2/c1-4-17(3)15(18)11(2)16-10-13-9-12-7-5-6-8-14(12)19-13/h5-8,11,13,16H,4,9-10H2,1-3H3. The number of benzene rings is 1. The largest absolute Gasteiger partial charge is 0.488 e. The molecule has 1 aromatic carbocycles. The van der Waals surface area contributed by atoms with Gasteiger partial charge in [-0.2, -0.15) is 0 Å². The Kier molecular flexibility index (Phi) is 4.43. The molecule has 1 aliphatic heterocycles. The van der Waals surface area contributed by atoms with E-state index in [4.69, 9.17) is 4.74 Å². The number of nitrogens with one attached hydrogen (secondary N) is 1. The summed E-state index contributed by atoms with van der Waals surface area (Å²) in [5.74, 6) is 1.09. The van der Waals surface area contributed by atoms with Crippen LogP contribution in [0.4, 0.5) is 0 Å². The van der Waals surface area contributed by atoms with Crippen LogP contribution in [0.1, 0.15) is 19.4 Å². The third kappa shape index (κ3) is 3.26. The number of nitrogens with zero attached hydrogens (tertiary/aromatic N) is 1. The molecule has 1 heterocycles. The maximum absolute atomic E-state index is 11.9. The zero-order valence-electron chi connectivity index (χ0n) is 11.8. The molecule has 19 heavy (non-hydrogen) atoms. The summed E-state index contributed by atoms with van der Waals surface area (Å²) in [5, 5.41) is 3.26. The van der Waals surface area contributed by atoms with Crippen LogP contribution in [0.25, 0.3) is 0 Å². The lowest BCUT2D eigenvalue weighted by molar-refractivity contribution is -0.131. The first-order valence-corrected chi connectivity index (χ1v) is 6.84. The Bertz CT molecular complexity index is 423. The SMILES string of the molecule is CCN(C)C(=O)C(C)NCC1Cc2ccccc2O1. The molecule has 4 heteroatoms. The first kappa shape index (κ1) is 13.9. The normalized spacial score (nSPS) is 18.6. The van der Waals surface area contributed by atoms with Crippen LogP contribution in [0.5, 0.6) is 5.75 Å². The van der Waals surface area contributed by atoms with Crippen LogP contribution in [-0.4, -0.2) is 43.1 Å². The third-order valence-corrected chi connectivity index (χ3v) is 3.59. The lowest BCUT2D eigenvalue weighted by Crippen LogP contribution is -2.46. The number of ether oxygens (including phenoxy) is 1. The van der Waals surface area contributed by atoms with E-state index in [1.807, 2.05) is 39.1 Å². The number of para-hydroxylation sites is 1. The van der Waals surface area contributed by atoms with Crippen LogP contribution in [-0.2, 0) is 11.2 Å². The van der Waals surface area contributed by atoms with E-state index < -0.39 is 0 Å². The first-order chi connectivity index (χ1) is 9.11. The average Bonchev–Trinajstić information content (AvgIpc) is 2.85. The van der Waals surface area contributed by atoms with Crippen molar-refractivity contribution in [1.29, 1.82) is 0 Å². The zero-order chi connectivity index (χ0) is 13.8. The Balaban J connectivity index is 1.80. The summed E-state index contributed by atoms with van der Waals surface area (Å²) in [7, 11) is 1.82. The van der Waals surface area contributed by atoms with E-state index in [-0.39, 0.29) is 18.1 Å². The zero-order valence-corrected chi connectivity index (χ0v) is 11.8. The smallest absolute Gasteiger partial charge is 0.239 e. The summed E-state index contributed by atoms with van der Waals surface area (Å²) in [5.41, 5.74) is 1.25. The first-order valence-electron chi connectivity index (χ1n) is 6.84. The van der Waals surface area contributed by atoms with E-state index in [0.717, 1.165) is 18.7 Å².